The summed E-state index contributed by atoms with van der Waals surface area (Å²) in [7, 11) is 0. The number of hydrogen-bond donors (Lipinski definition) is 8. The molecule has 4 unspecified atom stereocenters. The smallest absolute Gasteiger partial charge is 0.326 e. The number of carboxylic acid groups (broad SMARTS) is 3. The number of amides is 3. The number of nitrogens with two attached hydrogens (primary N) is 1. The third-order valence-corrected chi connectivity index (χ3v) is 5.09. The van der Waals surface area contributed by atoms with Crippen LogP contribution in [0.1, 0.15) is 24.8 Å². The molecular formula is C21H28N4O9S. The van der Waals surface area contributed by atoms with E-state index in [1.165, 1.54) is 0 Å². The zero-order valence-electron chi connectivity index (χ0n) is 18.5. The van der Waals surface area contributed by atoms with E-state index in [9.17, 15) is 33.9 Å². The van der Waals surface area contributed by atoms with Crippen LogP contribution >= 0.6 is 12.6 Å². The molecule has 192 valence electrons. The van der Waals surface area contributed by atoms with Crippen molar-refractivity contribution in [2.24, 2.45) is 5.73 Å². The van der Waals surface area contributed by atoms with Gasteiger partial charge in [-0.25, -0.2) is 4.79 Å². The molecule has 8 N–H and O–H groups in total. The van der Waals surface area contributed by atoms with Crippen molar-refractivity contribution in [1.29, 1.82) is 0 Å². The summed E-state index contributed by atoms with van der Waals surface area (Å²) >= 11 is 4.00. The number of benzene rings is 1. The fraction of sp³-hybridized carbons (Fsp3) is 0.429. The van der Waals surface area contributed by atoms with E-state index in [-0.39, 0.29) is 18.6 Å². The van der Waals surface area contributed by atoms with Crippen LogP contribution in [0.3, 0.4) is 0 Å². The summed E-state index contributed by atoms with van der Waals surface area (Å²) in [6.45, 7) is 0. The van der Waals surface area contributed by atoms with Crippen molar-refractivity contribution < 1.29 is 44.1 Å². The van der Waals surface area contributed by atoms with Crippen LogP contribution in [0.2, 0.25) is 0 Å². The lowest BCUT2D eigenvalue weighted by Crippen LogP contribution is -2.58. The molecule has 0 saturated carbocycles. The summed E-state index contributed by atoms with van der Waals surface area (Å²) < 4.78 is 0. The molecule has 0 aromatic heterocycles. The Bertz CT molecular complexity index is 929. The van der Waals surface area contributed by atoms with Crippen molar-refractivity contribution in [2.75, 3.05) is 5.75 Å². The summed E-state index contributed by atoms with van der Waals surface area (Å²) in [6, 6.07) is 2.97. The standard InChI is InChI=1S/C21H28N4O9S/c22-12(9-17(28)29)18(30)25-15(10-35)20(32)24-14(8-11-4-2-1-3-5-11)19(31)23-13(21(33)34)6-7-16(26)27/h1-5,12-15,35H,6-10,22H2,(H,23,31)(H,24,32)(H,25,30)(H,26,27)(H,28,29)(H,33,34). The lowest BCUT2D eigenvalue weighted by atomic mass is 10.0. The maximum absolute atomic E-state index is 12.9. The molecule has 1 rings (SSSR count). The molecule has 1 aromatic carbocycles. The Balaban J connectivity index is 3.01. The minimum atomic E-state index is -1.51. The van der Waals surface area contributed by atoms with Crippen molar-refractivity contribution in [2.45, 2.75) is 49.9 Å². The second-order valence-electron chi connectivity index (χ2n) is 7.53. The number of rotatable bonds is 15. The third kappa shape index (κ3) is 10.9. The predicted octanol–water partition coefficient (Wildman–Crippen LogP) is -1.64. The van der Waals surface area contributed by atoms with Crippen LogP contribution in [0.25, 0.3) is 0 Å². The van der Waals surface area contributed by atoms with Crippen LogP contribution in [-0.2, 0) is 35.2 Å². The fourth-order valence-corrected chi connectivity index (χ4v) is 3.14. The molecule has 0 radical (unpaired) electrons. The molecule has 3 amide bonds. The number of nitrogens with one attached hydrogen (secondary N) is 3. The van der Waals surface area contributed by atoms with E-state index < -0.39 is 72.6 Å². The van der Waals surface area contributed by atoms with Gasteiger partial charge in [0.05, 0.1) is 12.5 Å². The first-order valence-electron chi connectivity index (χ1n) is 10.4. The molecule has 4 atom stereocenters. The molecule has 1 aromatic rings. The van der Waals surface area contributed by atoms with Gasteiger partial charge in [0.1, 0.15) is 18.1 Å². The molecule has 0 fully saturated rings. The Morgan fingerprint density at radius 3 is 1.86 bits per heavy atom. The second kappa shape index (κ2) is 14.6. The monoisotopic (exact) mass is 512 g/mol. The van der Waals surface area contributed by atoms with Gasteiger partial charge in [-0.05, 0) is 12.0 Å². The van der Waals surface area contributed by atoms with E-state index in [2.05, 4.69) is 28.6 Å². The molecule has 0 spiro atoms. The van der Waals surface area contributed by atoms with Gasteiger partial charge in [0.15, 0.2) is 0 Å². The quantitative estimate of drug-likeness (QED) is 0.125. The molecule has 0 aliphatic heterocycles. The summed E-state index contributed by atoms with van der Waals surface area (Å²) in [5.41, 5.74) is 6.12. The molecule has 0 bridgehead atoms. The van der Waals surface area contributed by atoms with Crippen LogP contribution in [0.15, 0.2) is 30.3 Å². The summed E-state index contributed by atoms with van der Waals surface area (Å²) in [5, 5.41) is 33.8. The normalized spacial score (nSPS) is 14.0. The Morgan fingerprint density at radius 2 is 1.34 bits per heavy atom. The highest BCUT2D eigenvalue weighted by molar-refractivity contribution is 7.80. The average molecular weight is 513 g/mol. The van der Waals surface area contributed by atoms with E-state index >= 15 is 0 Å². The van der Waals surface area contributed by atoms with Gasteiger partial charge in [-0.3, -0.25) is 24.0 Å². The predicted molar refractivity (Wildman–Crippen MR) is 125 cm³/mol. The summed E-state index contributed by atoms with van der Waals surface area (Å²) in [5.74, 6) is -6.85. The molecule has 35 heavy (non-hydrogen) atoms. The van der Waals surface area contributed by atoms with Crippen LogP contribution in [0, 0.1) is 0 Å². The summed E-state index contributed by atoms with van der Waals surface area (Å²) in [4.78, 5) is 70.8. The van der Waals surface area contributed by atoms with E-state index in [0.29, 0.717) is 5.56 Å². The minimum absolute atomic E-state index is 0.0462. The number of thiol groups is 1. The number of aliphatic carboxylic acids is 3. The first-order valence-corrected chi connectivity index (χ1v) is 11.1. The van der Waals surface area contributed by atoms with Crippen LogP contribution in [-0.4, -0.2) is 80.9 Å². The highest BCUT2D eigenvalue weighted by Crippen LogP contribution is 2.06. The van der Waals surface area contributed by atoms with Crippen molar-refractivity contribution in [3.63, 3.8) is 0 Å². The van der Waals surface area contributed by atoms with Crippen LogP contribution in [0.5, 0.6) is 0 Å². The van der Waals surface area contributed by atoms with E-state index in [1.807, 2.05) is 0 Å². The minimum Gasteiger partial charge on any atom is -0.481 e. The highest BCUT2D eigenvalue weighted by Gasteiger charge is 2.30. The molecule has 0 saturated heterocycles. The Kier molecular flexibility index (Phi) is 12.2. The van der Waals surface area contributed by atoms with Gasteiger partial charge in [-0.2, -0.15) is 12.6 Å². The summed E-state index contributed by atoms with van der Waals surface area (Å²) in [6.07, 6.45) is -1.59. The molecule has 13 nitrogen and oxygen atoms in total. The Morgan fingerprint density at radius 1 is 0.800 bits per heavy atom. The van der Waals surface area contributed by atoms with Gasteiger partial charge in [-0.15, -0.1) is 0 Å². The maximum atomic E-state index is 12.9. The lowest BCUT2D eigenvalue weighted by molar-refractivity contribution is -0.143. The van der Waals surface area contributed by atoms with Gasteiger partial charge in [0.2, 0.25) is 17.7 Å². The SMILES string of the molecule is NC(CC(=O)O)C(=O)NC(CS)C(=O)NC(Cc1ccccc1)C(=O)NC(CCC(=O)O)C(=O)O. The number of carboxylic acids is 3. The Hall–Kier alpha value is -3.65. The van der Waals surface area contributed by atoms with Crippen LogP contribution in [0.4, 0.5) is 0 Å². The van der Waals surface area contributed by atoms with Crippen molar-refractivity contribution in [3.05, 3.63) is 35.9 Å². The van der Waals surface area contributed by atoms with Gasteiger partial charge >= 0.3 is 17.9 Å². The lowest BCUT2D eigenvalue weighted by Gasteiger charge is -2.24. The second-order valence-corrected chi connectivity index (χ2v) is 7.90. The van der Waals surface area contributed by atoms with Crippen molar-refractivity contribution in [3.8, 4) is 0 Å². The van der Waals surface area contributed by atoms with E-state index in [1.54, 1.807) is 30.3 Å². The number of hydrogen-bond acceptors (Lipinski definition) is 8. The van der Waals surface area contributed by atoms with Crippen molar-refractivity contribution in [1.82, 2.24) is 16.0 Å². The first-order chi connectivity index (χ1) is 16.4. The Labute approximate surface area is 205 Å². The topological polar surface area (TPSA) is 225 Å². The molecular weight excluding hydrogens is 484 g/mol. The fourth-order valence-electron chi connectivity index (χ4n) is 2.88. The van der Waals surface area contributed by atoms with Crippen LogP contribution < -0.4 is 21.7 Å². The largest absolute Gasteiger partial charge is 0.481 e. The molecule has 0 aliphatic carbocycles. The number of carbonyl (C=O) groups is 6. The van der Waals surface area contributed by atoms with Gasteiger partial charge in [-0.1, -0.05) is 30.3 Å². The number of carbonyl (C=O) groups excluding carboxylic acids is 3. The third-order valence-electron chi connectivity index (χ3n) is 4.72. The van der Waals surface area contributed by atoms with Crippen molar-refractivity contribution >= 4 is 48.3 Å². The first kappa shape index (κ1) is 29.4. The van der Waals surface area contributed by atoms with Gasteiger partial charge < -0.3 is 37.0 Å². The van der Waals surface area contributed by atoms with E-state index in [0.717, 1.165) is 0 Å². The average Bonchev–Trinajstić information content (AvgIpc) is 2.79. The highest BCUT2D eigenvalue weighted by atomic mass is 32.1. The van der Waals surface area contributed by atoms with Gasteiger partial charge in [0, 0.05) is 18.6 Å². The molecule has 0 heterocycles. The van der Waals surface area contributed by atoms with E-state index in [4.69, 9.17) is 15.9 Å². The zero-order chi connectivity index (χ0) is 26.5. The van der Waals surface area contributed by atoms with Gasteiger partial charge in [0.25, 0.3) is 0 Å². The molecule has 14 heteroatoms. The zero-order valence-corrected chi connectivity index (χ0v) is 19.4. The maximum Gasteiger partial charge on any atom is 0.326 e. The molecule has 0 aliphatic rings.